The number of amides is 2. The molecule has 0 spiro atoms. The highest BCUT2D eigenvalue weighted by atomic mass is 32.2. The highest BCUT2D eigenvalue weighted by Crippen LogP contribution is 2.32. The lowest BCUT2D eigenvalue weighted by Crippen LogP contribution is -2.37. The van der Waals surface area contributed by atoms with Gasteiger partial charge in [0.1, 0.15) is 0 Å². The summed E-state index contributed by atoms with van der Waals surface area (Å²) in [5.41, 5.74) is 0.384. The van der Waals surface area contributed by atoms with Crippen molar-refractivity contribution >= 4 is 23.5 Å². The molecule has 0 fully saturated rings. The Labute approximate surface area is 126 Å². The minimum Gasteiger partial charge on any atom is -0.335 e. The SMILES string of the molecule is CCC(CC)NC(=O)Nc1ccccc1SCC(F)(F)F. The van der Waals surface area contributed by atoms with Crippen LogP contribution in [0.2, 0.25) is 0 Å². The van der Waals surface area contributed by atoms with Crippen molar-refractivity contribution in [2.75, 3.05) is 11.1 Å². The van der Waals surface area contributed by atoms with Crippen LogP contribution in [0.15, 0.2) is 29.2 Å². The van der Waals surface area contributed by atoms with E-state index in [1.54, 1.807) is 24.3 Å². The molecule has 1 aromatic carbocycles. The van der Waals surface area contributed by atoms with Crippen molar-refractivity contribution in [3.63, 3.8) is 0 Å². The highest BCUT2D eigenvalue weighted by molar-refractivity contribution is 7.99. The van der Waals surface area contributed by atoms with Crippen LogP contribution in [0.3, 0.4) is 0 Å². The topological polar surface area (TPSA) is 41.1 Å². The van der Waals surface area contributed by atoms with E-state index in [1.807, 2.05) is 13.8 Å². The molecule has 0 saturated heterocycles. The third-order valence-corrected chi connectivity index (χ3v) is 3.99. The third kappa shape index (κ3) is 6.75. The zero-order valence-corrected chi connectivity index (χ0v) is 12.8. The molecule has 7 heteroatoms. The van der Waals surface area contributed by atoms with Gasteiger partial charge in [0.05, 0.1) is 11.4 Å². The maximum Gasteiger partial charge on any atom is 0.398 e. The van der Waals surface area contributed by atoms with E-state index in [-0.39, 0.29) is 6.04 Å². The summed E-state index contributed by atoms with van der Waals surface area (Å²) in [4.78, 5) is 12.2. The molecule has 0 heterocycles. The van der Waals surface area contributed by atoms with Crippen LogP contribution in [0.5, 0.6) is 0 Å². The minimum atomic E-state index is -4.24. The largest absolute Gasteiger partial charge is 0.398 e. The second kappa shape index (κ2) is 8.17. The first-order valence-electron chi connectivity index (χ1n) is 6.71. The summed E-state index contributed by atoms with van der Waals surface area (Å²) in [5.74, 6) is -0.986. The van der Waals surface area contributed by atoms with Crippen LogP contribution in [-0.2, 0) is 0 Å². The summed E-state index contributed by atoms with van der Waals surface area (Å²) in [6, 6.07) is 6.12. The van der Waals surface area contributed by atoms with Crippen molar-refractivity contribution in [3.8, 4) is 0 Å². The maximum atomic E-state index is 12.3. The zero-order chi connectivity index (χ0) is 15.9. The lowest BCUT2D eigenvalue weighted by atomic mass is 10.2. The Morgan fingerprint density at radius 1 is 1.24 bits per heavy atom. The Kier molecular flexibility index (Phi) is 6.87. The van der Waals surface area contributed by atoms with Gasteiger partial charge in [0.25, 0.3) is 0 Å². The molecule has 2 amide bonds. The summed E-state index contributed by atoms with van der Waals surface area (Å²) < 4.78 is 36.8. The van der Waals surface area contributed by atoms with Crippen LogP contribution in [0.1, 0.15) is 26.7 Å². The molecule has 1 rings (SSSR count). The molecule has 0 aromatic heterocycles. The van der Waals surface area contributed by atoms with Gasteiger partial charge in [-0.2, -0.15) is 13.2 Å². The first-order chi connectivity index (χ1) is 9.85. The van der Waals surface area contributed by atoms with E-state index in [0.29, 0.717) is 22.3 Å². The predicted octanol–water partition coefficient (Wildman–Crippen LogP) is 4.65. The van der Waals surface area contributed by atoms with Crippen molar-refractivity contribution < 1.29 is 18.0 Å². The standard InChI is InChI=1S/C14H19F3N2OS/c1-3-10(4-2)18-13(20)19-11-7-5-6-8-12(11)21-9-14(15,16)17/h5-8,10H,3-4,9H2,1-2H3,(H2,18,19,20). The van der Waals surface area contributed by atoms with Crippen molar-refractivity contribution in [2.45, 2.75) is 43.8 Å². The number of para-hydroxylation sites is 1. The van der Waals surface area contributed by atoms with Crippen molar-refractivity contribution in [3.05, 3.63) is 24.3 Å². The van der Waals surface area contributed by atoms with E-state index in [2.05, 4.69) is 10.6 Å². The summed E-state index contributed by atoms with van der Waals surface area (Å²) in [6.45, 7) is 3.92. The molecule has 2 N–H and O–H groups in total. The molecule has 1 aromatic rings. The number of nitrogens with one attached hydrogen (secondary N) is 2. The molecule has 118 valence electrons. The quantitative estimate of drug-likeness (QED) is 0.749. The smallest absolute Gasteiger partial charge is 0.335 e. The number of carbonyl (C=O) groups is 1. The summed E-state index contributed by atoms with van der Waals surface area (Å²) in [7, 11) is 0. The number of rotatable bonds is 6. The van der Waals surface area contributed by atoms with Crippen LogP contribution in [-0.4, -0.2) is 24.0 Å². The molecule has 0 atom stereocenters. The number of hydrogen-bond donors (Lipinski definition) is 2. The van der Waals surface area contributed by atoms with E-state index < -0.39 is 18.0 Å². The molecule has 0 aliphatic rings. The number of benzene rings is 1. The lowest BCUT2D eigenvalue weighted by Gasteiger charge is -2.17. The average molecular weight is 320 g/mol. The van der Waals surface area contributed by atoms with E-state index in [0.717, 1.165) is 12.8 Å². The van der Waals surface area contributed by atoms with Gasteiger partial charge in [0.2, 0.25) is 0 Å². The van der Waals surface area contributed by atoms with Gasteiger partial charge >= 0.3 is 12.2 Å². The monoisotopic (exact) mass is 320 g/mol. The number of carbonyl (C=O) groups excluding carboxylic acids is 1. The Hall–Kier alpha value is -1.37. The first-order valence-corrected chi connectivity index (χ1v) is 7.70. The normalized spacial score (nSPS) is 11.5. The second-order valence-corrected chi connectivity index (χ2v) is 5.53. The van der Waals surface area contributed by atoms with Gasteiger partial charge in [0.15, 0.2) is 0 Å². The minimum absolute atomic E-state index is 0.0555. The summed E-state index contributed by atoms with van der Waals surface area (Å²) in [6.07, 6.45) is -2.64. The Morgan fingerprint density at radius 3 is 2.43 bits per heavy atom. The van der Waals surface area contributed by atoms with E-state index >= 15 is 0 Å². The van der Waals surface area contributed by atoms with E-state index in [1.165, 1.54) is 0 Å². The number of urea groups is 1. The third-order valence-electron chi connectivity index (χ3n) is 2.85. The van der Waals surface area contributed by atoms with E-state index in [9.17, 15) is 18.0 Å². The molecular weight excluding hydrogens is 301 g/mol. The Bertz CT molecular complexity index is 462. The lowest BCUT2D eigenvalue weighted by molar-refractivity contribution is -0.105. The Balaban J connectivity index is 2.68. The molecule has 0 unspecified atom stereocenters. The molecule has 0 aliphatic carbocycles. The van der Waals surface area contributed by atoms with Crippen LogP contribution in [0.25, 0.3) is 0 Å². The molecule has 0 radical (unpaired) electrons. The highest BCUT2D eigenvalue weighted by Gasteiger charge is 2.27. The van der Waals surface area contributed by atoms with Crippen LogP contribution >= 0.6 is 11.8 Å². The maximum absolute atomic E-state index is 12.3. The molecule has 21 heavy (non-hydrogen) atoms. The van der Waals surface area contributed by atoms with Crippen LogP contribution < -0.4 is 10.6 Å². The summed E-state index contributed by atoms with van der Waals surface area (Å²) >= 11 is 0.659. The van der Waals surface area contributed by atoms with Crippen molar-refractivity contribution in [1.82, 2.24) is 5.32 Å². The van der Waals surface area contributed by atoms with Crippen molar-refractivity contribution in [1.29, 1.82) is 0 Å². The van der Waals surface area contributed by atoms with Gasteiger partial charge in [-0.3, -0.25) is 0 Å². The average Bonchev–Trinajstić information content (AvgIpc) is 2.43. The molecule has 3 nitrogen and oxygen atoms in total. The van der Waals surface area contributed by atoms with Gasteiger partial charge in [-0.1, -0.05) is 26.0 Å². The van der Waals surface area contributed by atoms with Gasteiger partial charge in [-0.05, 0) is 25.0 Å². The molecular formula is C14H19F3N2OS. The van der Waals surface area contributed by atoms with Crippen molar-refractivity contribution in [2.24, 2.45) is 0 Å². The molecule has 0 saturated carbocycles. The van der Waals surface area contributed by atoms with Gasteiger partial charge in [0, 0.05) is 10.9 Å². The number of thioether (sulfide) groups is 1. The number of halogens is 3. The fourth-order valence-corrected chi connectivity index (χ4v) is 2.46. The van der Waals surface area contributed by atoms with Crippen LogP contribution in [0.4, 0.5) is 23.7 Å². The van der Waals surface area contributed by atoms with Gasteiger partial charge < -0.3 is 10.6 Å². The fraction of sp³-hybridized carbons (Fsp3) is 0.500. The van der Waals surface area contributed by atoms with Gasteiger partial charge in [-0.15, -0.1) is 11.8 Å². The van der Waals surface area contributed by atoms with Gasteiger partial charge in [-0.25, -0.2) is 4.79 Å². The number of anilines is 1. The second-order valence-electron chi connectivity index (χ2n) is 4.51. The molecule has 0 bridgehead atoms. The predicted molar refractivity (Wildman–Crippen MR) is 79.7 cm³/mol. The van der Waals surface area contributed by atoms with Crippen LogP contribution in [0, 0.1) is 0 Å². The zero-order valence-electron chi connectivity index (χ0n) is 12.0. The fourth-order valence-electron chi connectivity index (χ4n) is 1.69. The first kappa shape index (κ1) is 17.7. The van der Waals surface area contributed by atoms with E-state index in [4.69, 9.17) is 0 Å². The number of alkyl halides is 3. The summed E-state index contributed by atoms with van der Waals surface area (Å²) in [5, 5.41) is 5.39. The number of hydrogen-bond acceptors (Lipinski definition) is 2. The molecule has 0 aliphatic heterocycles. The Morgan fingerprint density at radius 2 is 1.86 bits per heavy atom.